The molecule has 0 aliphatic rings. The first-order chi connectivity index (χ1) is 7.50. The van der Waals surface area contributed by atoms with E-state index in [1.54, 1.807) is 17.8 Å². The minimum Gasteiger partial charge on any atom is -0.384 e. The molecule has 0 aliphatic carbocycles. The van der Waals surface area contributed by atoms with Gasteiger partial charge < -0.3 is 5.73 Å². The van der Waals surface area contributed by atoms with Gasteiger partial charge in [0.25, 0.3) is 0 Å². The molecule has 0 atom stereocenters. The molecule has 16 heavy (non-hydrogen) atoms. The predicted octanol–water partition coefficient (Wildman–Crippen LogP) is 2.43. The van der Waals surface area contributed by atoms with Crippen molar-refractivity contribution in [2.24, 2.45) is 7.05 Å². The molecule has 0 saturated carbocycles. The van der Waals surface area contributed by atoms with E-state index in [0.29, 0.717) is 5.82 Å². The first-order valence-electron chi connectivity index (χ1n) is 5.06. The van der Waals surface area contributed by atoms with Gasteiger partial charge in [-0.2, -0.15) is 5.10 Å². The molecule has 84 valence electrons. The molecule has 1 heterocycles. The van der Waals surface area contributed by atoms with Crippen LogP contribution in [0.4, 0.5) is 10.2 Å². The Morgan fingerprint density at radius 3 is 2.50 bits per heavy atom. The molecule has 0 saturated heterocycles. The quantitative estimate of drug-likeness (QED) is 0.800. The smallest absolute Gasteiger partial charge is 0.124 e. The molecule has 1 aromatic carbocycles. The summed E-state index contributed by atoms with van der Waals surface area (Å²) in [5.41, 5.74) is 9.38. The Bertz CT molecular complexity index is 543. The first-order valence-corrected chi connectivity index (χ1v) is 5.06. The predicted molar refractivity (Wildman–Crippen MR) is 62.5 cm³/mol. The van der Waals surface area contributed by atoms with Crippen LogP contribution in [-0.4, -0.2) is 9.78 Å². The van der Waals surface area contributed by atoms with Crippen LogP contribution < -0.4 is 5.73 Å². The maximum atomic E-state index is 13.0. The van der Waals surface area contributed by atoms with E-state index < -0.39 is 0 Å². The van der Waals surface area contributed by atoms with Crippen molar-refractivity contribution in [3.63, 3.8) is 0 Å². The van der Waals surface area contributed by atoms with Gasteiger partial charge in [0.05, 0.1) is 5.69 Å². The van der Waals surface area contributed by atoms with E-state index in [4.69, 9.17) is 5.73 Å². The summed E-state index contributed by atoms with van der Waals surface area (Å²) in [6.07, 6.45) is 0. The van der Waals surface area contributed by atoms with E-state index in [0.717, 1.165) is 22.4 Å². The van der Waals surface area contributed by atoms with Crippen molar-refractivity contribution >= 4 is 5.82 Å². The number of hydrogen-bond acceptors (Lipinski definition) is 2. The summed E-state index contributed by atoms with van der Waals surface area (Å²) in [5.74, 6) is 0.404. The highest BCUT2D eigenvalue weighted by molar-refractivity contribution is 5.70. The molecule has 0 aliphatic heterocycles. The van der Waals surface area contributed by atoms with Gasteiger partial charge in [0, 0.05) is 18.2 Å². The molecule has 1 aromatic heterocycles. The van der Waals surface area contributed by atoms with Crippen molar-refractivity contribution in [1.29, 1.82) is 0 Å². The third kappa shape index (κ3) is 1.56. The Kier molecular flexibility index (Phi) is 2.42. The van der Waals surface area contributed by atoms with Crippen molar-refractivity contribution in [3.05, 3.63) is 35.1 Å². The lowest BCUT2D eigenvalue weighted by Crippen LogP contribution is -1.97. The number of nitrogen functional groups attached to an aromatic ring is 1. The van der Waals surface area contributed by atoms with Gasteiger partial charge in [0.1, 0.15) is 11.6 Å². The van der Waals surface area contributed by atoms with Gasteiger partial charge in [-0.1, -0.05) is 0 Å². The van der Waals surface area contributed by atoms with Crippen LogP contribution in [0.3, 0.4) is 0 Å². The summed E-state index contributed by atoms with van der Waals surface area (Å²) in [4.78, 5) is 0. The van der Waals surface area contributed by atoms with Gasteiger partial charge in [0.2, 0.25) is 0 Å². The van der Waals surface area contributed by atoms with Crippen LogP contribution in [0, 0.1) is 19.7 Å². The Morgan fingerprint density at radius 1 is 1.31 bits per heavy atom. The summed E-state index contributed by atoms with van der Waals surface area (Å²) in [6, 6.07) is 4.67. The molecule has 0 radical (unpaired) electrons. The van der Waals surface area contributed by atoms with E-state index in [1.807, 2.05) is 13.8 Å². The third-order valence-corrected chi connectivity index (χ3v) is 2.78. The van der Waals surface area contributed by atoms with Gasteiger partial charge in [0.15, 0.2) is 0 Å². The highest BCUT2D eigenvalue weighted by Gasteiger charge is 2.13. The average Bonchev–Trinajstić information content (AvgIpc) is 2.46. The van der Waals surface area contributed by atoms with Crippen LogP contribution in [0.25, 0.3) is 11.3 Å². The van der Waals surface area contributed by atoms with Crippen LogP contribution >= 0.6 is 0 Å². The Hall–Kier alpha value is -1.84. The minimum atomic E-state index is -0.234. The molecule has 0 amide bonds. The molecular weight excluding hydrogens is 205 g/mol. The number of aromatic nitrogens is 2. The lowest BCUT2D eigenvalue weighted by molar-refractivity contribution is 0.627. The normalized spacial score (nSPS) is 10.8. The fourth-order valence-corrected chi connectivity index (χ4v) is 1.79. The molecular formula is C12H14FN3. The number of benzene rings is 1. The molecule has 0 unspecified atom stereocenters. The topological polar surface area (TPSA) is 43.8 Å². The van der Waals surface area contributed by atoms with Gasteiger partial charge in [-0.3, -0.25) is 4.68 Å². The highest BCUT2D eigenvalue weighted by atomic mass is 19.1. The van der Waals surface area contributed by atoms with Crippen molar-refractivity contribution < 1.29 is 4.39 Å². The largest absolute Gasteiger partial charge is 0.384 e. The number of aryl methyl sites for hydroxylation is 2. The number of halogens is 1. The van der Waals surface area contributed by atoms with Crippen LogP contribution in [-0.2, 0) is 7.05 Å². The number of rotatable bonds is 1. The SMILES string of the molecule is Cc1cc(F)ccc1-c1nn(C)c(N)c1C. The molecule has 2 N–H and O–H groups in total. The van der Waals surface area contributed by atoms with E-state index in [-0.39, 0.29) is 5.82 Å². The number of anilines is 1. The average molecular weight is 219 g/mol. The zero-order valence-corrected chi connectivity index (χ0v) is 9.58. The zero-order valence-electron chi connectivity index (χ0n) is 9.58. The van der Waals surface area contributed by atoms with Crippen LogP contribution in [0.5, 0.6) is 0 Å². The molecule has 0 fully saturated rings. The summed E-state index contributed by atoms with van der Waals surface area (Å²) >= 11 is 0. The zero-order chi connectivity index (χ0) is 11.9. The first kappa shape index (κ1) is 10.7. The minimum absolute atomic E-state index is 0.234. The lowest BCUT2D eigenvalue weighted by Gasteiger charge is -2.03. The maximum Gasteiger partial charge on any atom is 0.124 e. The van der Waals surface area contributed by atoms with Gasteiger partial charge in [-0.25, -0.2) is 4.39 Å². The summed E-state index contributed by atoms with van der Waals surface area (Å²) < 4.78 is 14.6. The Morgan fingerprint density at radius 2 is 2.00 bits per heavy atom. The summed E-state index contributed by atoms with van der Waals surface area (Å²) in [6.45, 7) is 3.78. The maximum absolute atomic E-state index is 13.0. The van der Waals surface area contributed by atoms with Crippen molar-refractivity contribution in [2.45, 2.75) is 13.8 Å². The summed E-state index contributed by atoms with van der Waals surface area (Å²) in [7, 11) is 1.80. The molecule has 0 spiro atoms. The number of nitrogens with two attached hydrogens (primary N) is 1. The fourth-order valence-electron chi connectivity index (χ4n) is 1.79. The van der Waals surface area contributed by atoms with Crippen LogP contribution in [0.15, 0.2) is 18.2 Å². The molecule has 4 heteroatoms. The van der Waals surface area contributed by atoms with E-state index in [9.17, 15) is 4.39 Å². The van der Waals surface area contributed by atoms with Crippen molar-refractivity contribution in [3.8, 4) is 11.3 Å². The van der Waals surface area contributed by atoms with Gasteiger partial charge in [-0.05, 0) is 37.6 Å². The Balaban J connectivity index is 2.63. The Labute approximate surface area is 93.7 Å². The van der Waals surface area contributed by atoms with Crippen molar-refractivity contribution in [2.75, 3.05) is 5.73 Å². The second-order valence-corrected chi connectivity index (χ2v) is 3.94. The molecule has 0 bridgehead atoms. The highest BCUT2D eigenvalue weighted by Crippen LogP contribution is 2.28. The van der Waals surface area contributed by atoms with Crippen LogP contribution in [0.2, 0.25) is 0 Å². The standard InChI is InChI=1S/C12H14FN3/c1-7-6-9(13)4-5-10(7)11-8(2)12(14)16(3)15-11/h4-6H,14H2,1-3H3. The van der Waals surface area contributed by atoms with E-state index in [2.05, 4.69) is 5.10 Å². The molecule has 3 nitrogen and oxygen atoms in total. The number of nitrogens with zero attached hydrogens (tertiary/aromatic N) is 2. The monoisotopic (exact) mass is 219 g/mol. The number of hydrogen-bond donors (Lipinski definition) is 1. The second kappa shape index (κ2) is 3.63. The fraction of sp³-hybridized carbons (Fsp3) is 0.250. The van der Waals surface area contributed by atoms with Crippen molar-refractivity contribution in [1.82, 2.24) is 9.78 Å². The van der Waals surface area contributed by atoms with E-state index in [1.165, 1.54) is 12.1 Å². The summed E-state index contributed by atoms with van der Waals surface area (Å²) in [5, 5.41) is 4.34. The lowest BCUT2D eigenvalue weighted by atomic mass is 10.0. The second-order valence-electron chi connectivity index (χ2n) is 3.94. The molecule has 2 aromatic rings. The van der Waals surface area contributed by atoms with Crippen LogP contribution in [0.1, 0.15) is 11.1 Å². The third-order valence-electron chi connectivity index (χ3n) is 2.78. The molecule has 2 rings (SSSR count). The van der Waals surface area contributed by atoms with Gasteiger partial charge in [-0.15, -0.1) is 0 Å². The van der Waals surface area contributed by atoms with Gasteiger partial charge >= 0.3 is 0 Å². The van der Waals surface area contributed by atoms with E-state index >= 15 is 0 Å².